The number of nitrogens with two attached hydrogens (primary N) is 1. The third-order valence-electron chi connectivity index (χ3n) is 6.82. The van der Waals surface area contributed by atoms with Crippen LogP contribution in [0.25, 0.3) is 0 Å². The van der Waals surface area contributed by atoms with Crippen LogP contribution < -0.4 is 16.4 Å². The fourth-order valence-electron chi connectivity index (χ4n) is 5.92. The van der Waals surface area contributed by atoms with E-state index < -0.39 is 11.8 Å². The first-order valence-corrected chi connectivity index (χ1v) is 9.89. The van der Waals surface area contributed by atoms with Crippen LogP contribution in [0.5, 0.6) is 0 Å². The summed E-state index contributed by atoms with van der Waals surface area (Å²) < 4.78 is 0. The molecule has 4 aliphatic carbocycles. The fraction of sp³-hybridized carbons (Fsp3) is 0.600. The van der Waals surface area contributed by atoms with Gasteiger partial charge in [0.25, 0.3) is 0 Å². The Morgan fingerprint density at radius 2 is 1.69 bits per heavy atom. The van der Waals surface area contributed by atoms with Crippen LogP contribution in [0, 0.1) is 23.2 Å². The highest BCUT2D eigenvalue weighted by atomic mass is 35.5. The van der Waals surface area contributed by atoms with Gasteiger partial charge >= 0.3 is 11.8 Å². The van der Waals surface area contributed by atoms with Gasteiger partial charge in [-0.05, 0) is 86.8 Å². The van der Waals surface area contributed by atoms with Crippen molar-refractivity contribution in [2.45, 2.75) is 51.5 Å². The fourth-order valence-corrected chi connectivity index (χ4v) is 6.10. The van der Waals surface area contributed by atoms with Crippen LogP contribution in [0.2, 0.25) is 5.02 Å². The second-order valence-corrected chi connectivity index (χ2v) is 9.07. The maximum atomic E-state index is 12.4. The second kappa shape index (κ2) is 6.45. The number of halogens is 1. The lowest BCUT2D eigenvalue weighted by atomic mass is 9.48. The summed E-state index contributed by atoms with van der Waals surface area (Å²) in [5.74, 6) is 1.19. The Hall–Kier alpha value is -1.75. The summed E-state index contributed by atoms with van der Waals surface area (Å²) in [7, 11) is 0. The Morgan fingerprint density at radius 3 is 2.23 bits per heavy atom. The summed E-state index contributed by atoms with van der Waals surface area (Å²) in [4.78, 5) is 24.7. The standard InChI is InChI=1S/C20H26ClN3O2/c1-11(20-8-12-4-13(9-20)6-14(5-12)10-20)23-18(25)19(26)24-15-2-3-17(22)16(21)7-15/h2-3,7,11-14H,4-6,8-10,22H2,1H3,(H,23,25)(H,24,26). The number of benzene rings is 1. The average Bonchev–Trinajstić information content (AvgIpc) is 2.57. The Balaban J connectivity index is 1.39. The summed E-state index contributed by atoms with van der Waals surface area (Å²) in [6.45, 7) is 2.07. The molecule has 4 saturated carbocycles. The van der Waals surface area contributed by atoms with Gasteiger partial charge in [0, 0.05) is 11.7 Å². The molecule has 6 heteroatoms. The molecule has 0 saturated heterocycles. The number of rotatable bonds is 3. The van der Waals surface area contributed by atoms with Crippen molar-refractivity contribution in [3.8, 4) is 0 Å². The molecule has 26 heavy (non-hydrogen) atoms. The van der Waals surface area contributed by atoms with E-state index in [1.54, 1.807) is 18.2 Å². The lowest BCUT2D eigenvalue weighted by Crippen LogP contribution is -2.57. The van der Waals surface area contributed by atoms with E-state index in [0.717, 1.165) is 17.8 Å². The molecule has 0 radical (unpaired) electrons. The second-order valence-electron chi connectivity index (χ2n) is 8.67. The van der Waals surface area contributed by atoms with Crippen molar-refractivity contribution in [1.82, 2.24) is 5.32 Å². The van der Waals surface area contributed by atoms with Crippen LogP contribution in [-0.4, -0.2) is 17.9 Å². The number of hydrogen-bond donors (Lipinski definition) is 3. The minimum atomic E-state index is -0.664. The van der Waals surface area contributed by atoms with E-state index in [9.17, 15) is 9.59 Å². The molecule has 4 fully saturated rings. The van der Waals surface area contributed by atoms with Crippen LogP contribution in [0.1, 0.15) is 45.4 Å². The van der Waals surface area contributed by atoms with Gasteiger partial charge in [0.15, 0.2) is 0 Å². The topological polar surface area (TPSA) is 84.2 Å². The number of anilines is 2. The van der Waals surface area contributed by atoms with Crippen molar-refractivity contribution in [3.05, 3.63) is 23.2 Å². The first-order chi connectivity index (χ1) is 12.3. The Labute approximate surface area is 159 Å². The highest BCUT2D eigenvalue weighted by Crippen LogP contribution is 2.61. The Morgan fingerprint density at radius 1 is 1.12 bits per heavy atom. The zero-order chi connectivity index (χ0) is 18.5. The average molecular weight is 376 g/mol. The van der Waals surface area contributed by atoms with Gasteiger partial charge in [-0.2, -0.15) is 0 Å². The largest absolute Gasteiger partial charge is 0.398 e. The summed E-state index contributed by atoms with van der Waals surface area (Å²) in [5.41, 5.74) is 6.74. The smallest absolute Gasteiger partial charge is 0.313 e. The van der Waals surface area contributed by atoms with Gasteiger partial charge < -0.3 is 16.4 Å². The molecule has 1 aromatic carbocycles. The van der Waals surface area contributed by atoms with Crippen LogP contribution in [-0.2, 0) is 9.59 Å². The Kier molecular flexibility index (Phi) is 4.38. The zero-order valence-electron chi connectivity index (χ0n) is 15.1. The third kappa shape index (κ3) is 3.18. The van der Waals surface area contributed by atoms with Crippen LogP contribution >= 0.6 is 11.6 Å². The number of hydrogen-bond acceptors (Lipinski definition) is 3. The van der Waals surface area contributed by atoms with E-state index in [1.165, 1.54) is 38.5 Å². The van der Waals surface area contributed by atoms with Crippen molar-refractivity contribution < 1.29 is 9.59 Å². The molecule has 1 unspecified atom stereocenters. The maximum absolute atomic E-state index is 12.4. The first kappa shape index (κ1) is 17.7. The van der Waals surface area contributed by atoms with Gasteiger partial charge in [0.05, 0.1) is 10.7 Å². The SMILES string of the molecule is CC(NC(=O)C(=O)Nc1ccc(N)c(Cl)c1)C12CC3CC(CC(C3)C1)C2. The normalized spacial score (nSPS) is 32.9. The van der Waals surface area contributed by atoms with Crippen LogP contribution in [0.15, 0.2) is 18.2 Å². The van der Waals surface area contributed by atoms with Gasteiger partial charge in [-0.15, -0.1) is 0 Å². The van der Waals surface area contributed by atoms with Gasteiger partial charge in [0.1, 0.15) is 0 Å². The monoisotopic (exact) mass is 375 g/mol. The van der Waals surface area contributed by atoms with Gasteiger partial charge in [-0.25, -0.2) is 0 Å². The van der Waals surface area contributed by atoms with Crippen LogP contribution in [0.3, 0.4) is 0 Å². The highest BCUT2D eigenvalue weighted by molar-refractivity contribution is 6.40. The molecular weight excluding hydrogens is 350 g/mol. The van der Waals surface area contributed by atoms with Crippen molar-refractivity contribution in [3.63, 3.8) is 0 Å². The molecule has 4 bridgehead atoms. The molecule has 0 spiro atoms. The lowest BCUT2D eigenvalue weighted by molar-refractivity contribution is -0.138. The molecule has 2 amide bonds. The van der Waals surface area contributed by atoms with Gasteiger partial charge in [-0.3, -0.25) is 9.59 Å². The third-order valence-corrected chi connectivity index (χ3v) is 7.14. The zero-order valence-corrected chi connectivity index (χ0v) is 15.8. The van der Waals surface area contributed by atoms with E-state index in [4.69, 9.17) is 17.3 Å². The number of nitrogens with one attached hydrogen (secondary N) is 2. The predicted molar refractivity (Wildman–Crippen MR) is 103 cm³/mol. The summed E-state index contributed by atoms with van der Waals surface area (Å²) in [5, 5.41) is 5.92. The highest BCUT2D eigenvalue weighted by Gasteiger charge is 2.53. The van der Waals surface area contributed by atoms with Crippen molar-refractivity contribution in [1.29, 1.82) is 0 Å². The first-order valence-electron chi connectivity index (χ1n) is 9.51. The summed E-state index contributed by atoms with van der Waals surface area (Å²) >= 11 is 5.96. The van der Waals surface area contributed by atoms with Gasteiger partial charge in [0.2, 0.25) is 0 Å². The number of amides is 2. The number of nitrogen functional groups attached to an aromatic ring is 1. The Bertz CT molecular complexity index is 713. The van der Waals surface area contributed by atoms with Crippen LogP contribution in [0.4, 0.5) is 11.4 Å². The van der Waals surface area contributed by atoms with Crippen molar-refractivity contribution >= 4 is 34.8 Å². The van der Waals surface area contributed by atoms with Crippen molar-refractivity contribution in [2.24, 2.45) is 23.2 Å². The van der Waals surface area contributed by atoms with Crippen molar-refractivity contribution in [2.75, 3.05) is 11.1 Å². The summed E-state index contributed by atoms with van der Waals surface area (Å²) in [6, 6.07) is 4.80. The van der Waals surface area contributed by atoms with E-state index in [-0.39, 0.29) is 11.5 Å². The predicted octanol–water partition coefficient (Wildman–Crippen LogP) is 3.58. The van der Waals surface area contributed by atoms with Gasteiger partial charge in [-0.1, -0.05) is 11.6 Å². The number of carbonyl (C=O) groups excluding carboxylic acids is 2. The minimum absolute atomic E-state index is 0.0177. The minimum Gasteiger partial charge on any atom is -0.398 e. The molecule has 0 aliphatic heterocycles. The molecule has 1 aromatic rings. The molecule has 4 aliphatic rings. The molecule has 4 N–H and O–H groups in total. The van der Waals surface area contributed by atoms with E-state index >= 15 is 0 Å². The molecule has 0 heterocycles. The molecule has 5 nitrogen and oxygen atoms in total. The molecular formula is C20H26ClN3O2. The van der Waals surface area contributed by atoms with E-state index in [1.807, 2.05) is 0 Å². The molecule has 140 valence electrons. The number of carbonyl (C=O) groups is 2. The lowest BCUT2D eigenvalue weighted by Gasteiger charge is -2.59. The molecule has 1 atom stereocenters. The van der Waals surface area contributed by atoms with E-state index in [0.29, 0.717) is 16.4 Å². The summed E-state index contributed by atoms with van der Waals surface area (Å²) in [6.07, 6.45) is 7.65. The maximum Gasteiger partial charge on any atom is 0.313 e. The quantitative estimate of drug-likeness (QED) is 0.557. The molecule has 5 rings (SSSR count). The molecule has 0 aromatic heterocycles. The van der Waals surface area contributed by atoms with E-state index in [2.05, 4.69) is 17.6 Å².